The Labute approximate surface area is 122 Å². The molecule has 1 aromatic heterocycles. The predicted octanol–water partition coefficient (Wildman–Crippen LogP) is 0.274. The number of esters is 1. The van der Waals surface area contributed by atoms with Gasteiger partial charge in [0.1, 0.15) is 5.69 Å². The molecule has 0 bridgehead atoms. The molecule has 0 saturated carbocycles. The summed E-state index contributed by atoms with van der Waals surface area (Å²) in [6, 6.07) is 9.03. The van der Waals surface area contributed by atoms with Gasteiger partial charge >= 0.3 is 5.97 Å². The number of carbonyl (C=O) groups excluding carboxylic acids is 1. The number of aliphatic hydroxyl groups excluding tert-OH is 1. The Balaban J connectivity index is 2.08. The molecule has 0 radical (unpaired) electrons. The van der Waals surface area contributed by atoms with Crippen molar-refractivity contribution in [3.8, 4) is 0 Å². The number of hydrogen-bond acceptors (Lipinski definition) is 6. The first-order valence-electron chi connectivity index (χ1n) is 6.60. The lowest BCUT2D eigenvalue weighted by Crippen LogP contribution is -2.29. The first-order chi connectivity index (χ1) is 10.2. The average molecular weight is 290 g/mol. The largest absolute Gasteiger partial charge is 0.468 e. The monoisotopic (exact) mass is 290 g/mol. The van der Waals surface area contributed by atoms with Gasteiger partial charge in [-0.05, 0) is 5.56 Å². The minimum atomic E-state index is -0.692. The van der Waals surface area contributed by atoms with Crippen LogP contribution in [0.1, 0.15) is 17.3 Å². The third-order valence-electron chi connectivity index (χ3n) is 2.97. The molecule has 1 unspecified atom stereocenters. The molecule has 0 aliphatic heterocycles. The van der Waals surface area contributed by atoms with Gasteiger partial charge in [-0.2, -0.15) is 0 Å². The fraction of sp³-hybridized carbons (Fsp3) is 0.357. The number of carbonyl (C=O) groups is 1. The Morgan fingerprint density at radius 1 is 1.43 bits per heavy atom. The summed E-state index contributed by atoms with van der Waals surface area (Å²) < 4.78 is 6.28. The second kappa shape index (κ2) is 7.51. The second-order valence-corrected chi connectivity index (χ2v) is 4.45. The van der Waals surface area contributed by atoms with Crippen LogP contribution in [0.15, 0.2) is 36.5 Å². The summed E-state index contributed by atoms with van der Waals surface area (Å²) in [6.45, 7) is 0.802. The molecule has 112 valence electrons. The van der Waals surface area contributed by atoms with Crippen LogP contribution in [0.2, 0.25) is 0 Å². The lowest BCUT2D eigenvalue weighted by molar-refractivity contribution is -0.143. The lowest BCUT2D eigenvalue weighted by Gasteiger charge is -2.13. The van der Waals surface area contributed by atoms with Gasteiger partial charge in [0.05, 0.1) is 26.5 Å². The van der Waals surface area contributed by atoms with Crippen LogP contribution in [0.5, 0.6) is 0 Å². The minimum Gasteiger partial charge on any atom is -0.468 e. The van der Waals surface area contributed by atoms with Gasteiger partial charge in [-0.3, -0.25) is 5.32 Å². The fourth-order valence-electron chi connectivity index (χ4n) is 1.90. The number of aliphatic hydroxyl groups is 1. The molecule has 2 N–H and O–H groups in total. The van der Waals surface area contributed by atoms with E-state index in [-0.39, 0.29) is 6.61 Å². The summed E-state index contributed by atoms with van der Waals surface area (Å²) in [6.07, 6.45) is 1.62. The zero-order chi connectivity index (χ0) is 15.1. The van der Waals surface area contributed by atoms with Crippen LogP contribution in [0.25, 0.3) is 0 Å². The summed E-state index contributed by atoms with van der Waals surface area (Å²) in [5, 5.41) is 19.8. The van der Waals surface area contributed by atoms with E-state index >= 15 is 0 Å². The van der Waals surface area contributed by atoms with Crippen molar-refractivity contribution in [2.24, 2.45) is 0 Å². The molecule has 0 aliphatic carbocycles. The molecular weight excluding hydrogens is 272 g/mol. The average Bonchev–Trinajstić information content (AvgIpc) is 2.97. The minimum absolute atomic E-state index is 0.0386. The standard InChI is InChI=1S/C14H18N4O3/c1-21-14(20)13(12-10-18(7-8-19)17-16-12)15-9-11-5-3-2-4-6-11/h2-6,10,13,15,19H,7-9H2,1H3. The third-order valence-corrected chi connectivity index (χ3v) is 2.97. The molecule has 1 heterocycles. The van der Waals surface area contributed by atoms with Gasteiger partial charge in [-0.25, -0.2) is 9.48 Å². The van der Waals surface area contributed by atoms with Crippen molar-refractivity contribution >= 4 is 5.97 Å². The smallest absolute Gasteiger partial charge is 0.329 e. The van der Waals surface area contributed by atoms with Crippen LogP contribution in [0.4, 0.5) is 0 Å². The van der Waals surface area contributed by atoms with Gasteiger partial charge in [0.2, 0.25) is 0 Å². The number of ether oxygens (including phenoxy) is 1. The maximum atomic E-state index is 11.9. The van der Waals surface area contributed by atoms with Crippen LogP contribution in [-0.4, -0.2) is 39.8 Å². The van der Waals surface area contributed by atoms with Crippen LogP contribution < -0.4 is 5.32 Å². The van der Waals surface area contributed by atoms with Gasteiger partial charge in [-0.1, -0.05) is 35.5 Å². The normalized spacial score (nSPS) is 12.1. The van der Waals surface area contributed by atoms with Crippen molar-refractivity contribution < 1.29 is 14.6 Å². The Morgan fingerprint density at radius 3 is 2.86 bits per heavy atom. The summed E-state index contributed by atoms with van der Waals surface area (Å²) in [4.78, 5) is 11.9. The number of nitrogens with zero attached hydrogens (tertiary/aromatic N) is 3. The molecule has 0 spiro atoms. The summed E-state index contributed by atoms with van der Waals surface area (Å²) >= 11 is 0. The molecule has 7 heteroatoms. The van der Waals surface area contributed by atoms with E-state index in [2.05, 4.69) is 15.6 Å². The Morgan fingerprint density at radius 2 is 2.19 bits per heavy atom. The van der Waals surface area contributed by atoms with Gasteiger partial charge in [-0.15, -0.1) is 5.10 Å². The van der Waals surface area contributed by atoms with Crippen LogP contribution in [0.3, 0.4) is 0 Å². The third kappa shape index (κ3) is 4.11. The van der Waals surface area contributed by atoms with E-state index in [0.717, 1.165) is 5.56 Å². The van der Waals surface area contributed by atoms with Crippen molar-refractivity contribution in [1.82, 2.24) is 20.3 Å². The topological polar surface area (TPSA) is 89.3 Å². The predicted molar refractivity (Wildman–Crippen MR) is 75.1 cm³/mol. The zero-order valence-electron chi connectivity index (χ0n) is 11.8. The highest BCUT2D eigenvalue weighted by atomic mass is 16.5. The van der Waals surface area contributed by atoms with E-state index in [1.165, 1.54) is 11.8 Å². The molecule has 2 rings (SSSR count). The molecule has 0 fully saturated rings. The highest BCUT2D eigenvalue weighted by Crippen LogP contribution is 2.12. The van der Waals surface area contributed by atoms with Crippen molar-refractivity contribution in [1.29, 1.82) is 0 Å². The second-order valence-electron chi connectivity index (χ2n) is 4.45. The Kier molecular flexibility index (Phi) is 5.42. The number of nitrogens with one attached hydrogen (secondary N) is 1. The molecule has 21 heavy (non-hydrogen) atoms. The zero-order valence-corrected chi connectivity index (χ0v) is 11.8. The first-order valence-corrected chi connectivity index (χ1v) is 6.60. The molecule has 0 amide bonds. The number of hydrogen-bond donors (Lipinski definition) is 2. The van der Waals surface area contributed by atoms with Crippen molar-refractivity contribution in [3.05, 3.63) is 47.8 Å². The number of benzene rings is 1. The van der Waals surface area contributed by atoms with Crippen molar-refractivity contribution in [3.63, 3.8) is 0 Å². The Bertz CT molecular complexity index is 571. The van der Waals surface area contributed by atoms with Gasteiger partial charge < -0.3 is 9.84 Å². The molecule has 7 nitrogen and oxygen atoms in total. The molecule has 2 aromatic rings. The quantitative estimate of drug-likeness (QED) is 0.712. The molecular formula is C14H18N4O3. The van der Waals surface area contributed by atoms with Gasteiger partial charge in [0.15, 0.2) is 6.04 Å². The van der Waals surface area contributed by atoms with Crippen LogP contribution in [0, 0.1) is 0 Å². The van der Waals surface area contributed by atoms with E-state index in [1.807, 2.05) is 30.3 Å². The molecule has 1 aromatic carbocycles. The SMILES string of the molecule is COC(=O)C(NCc1ccccc1)c1cn(CCO)nn1. The number of aromatic nitrogens is 3. The maximum absolute atomic E-state index is 11.9. The van der Waals surface area contributed by atoms with E-state index in [9.17, 15) is 4.79 Å². The van der Waals surface area contributed by atoms with Crippen molar-refractivity contribution in [2.45, 2.75) is 19.1 Å². The van der Waals surface area contributed by atoms with Crippen molar-refractivity contribution in [2.75, 3.05) is 13.7 Å². The fourth-order valence-corrected chi connectivity index (χ4v) is 1.90. The highest BCUT2D eigenvalue weighted by molar-refractivity contribution is 5.76. The van der Waals surface area contributed by atoms with Gasteiger partial charge in [0.25, 0.3) is 0 Å². The number of rotatable bonds is 7. The van der Waals surface area contributed by atoms with Crippen LogP contribution >= 0.6 is 0 Å². The van der Waals surface area contributed by atoms with E-state index < -0.39 is 12.0 Å². The molecule has 0 aliphatic rings. The first kappa shape index (κ1) is 15.1. The van der Waals surface area contributed by atoms with Gasteiger partial charge in [0, 0.05) is 6.54 Å². The Hall–Kier alpha value is -2.25. The van der Waals surface area contributed by atoms with Crippen LogP contribution in [-0.2, 0) is 22.6 Å². The lowest BCUT2D eigenvalue weighted by atomic mass is 10.2. The molecule has 1 atom stereocenters. The highest BCUT2D eigenvalue weighted by Gasteiger charge is 2.24. The number of methoxy groups -OCH3 is 1. The van der Waals surface area contributed by atoms with E-state index in [1.54, 1.807) is 6.20 Å². The summed E-state index contributed by atoms with van der Waals surface area (Å²) in [7, 11) is 1.33. The maximum Gasteiger partial charge on any atom is 0.329 e. The summed E-state index contributed by atoms with van der Waals surface area (Å²) in [5.74, 6) is -0.429. The van der Waals surface area contributed by atoms with E-state index in [4.69, 9.17) is 9.84 Å². The van der Waals surface area contributed by atoms with E-state index in [0.29, 0.717) is 18.8 Å². The molecule has 0 saturated heterocycles. The summed E-state index contributed by atoms with van der Waals surface area (Å²) in [5.41, 5.74) is 1.51.